The molecule has 13 heteroatoms. The smallest absolute Gasteiger partial charge is 0.421 e. The molecule has 0 aromatic carbocycles. The Hall–Kier alpha value is -3.19. The van der Waals surface area contributed by atoms with E-state index in [1.54, 1.807) is 17.2 Å². The minimum atomic E-state index is -4.35. The molecular weight excluding hydrogens is 490 g/mol. The number of anilines is 1. The third kappa shape index (κ3) is 3.99. The van der Waals surface area contributed by atoms with Crippen LogP contribution in [-0.4, -0.2) is 60.6 Å². The van der Waals surface area contributed by atoms with Gasteiger partial charge in [-0.1, -0.05) is 20.8 Å². The fourth-order valence-corrected chi connectivity index (χ4v) is 7.60. The summed E-state index contributed by atoms with van der Waals surface area (Å²) < 4.78 is 42.1. The van der Waals surface area contributed by atoms with E-state index in [1.807, 2.05) is 26.8 Å². The molecule has 1 saturated carbocycles. The number of hydrogen-bond donors (Lipinski definition) is 1. The summed E-state index contributed by atoms with van der Waals surface area (Å²) in [6, 6.07) is 2.90. The van der Waals surface area contributed by atoms with Gasteiger partial charge in [0.2, 0.25) is 5.88 Å². The first kappa shape index (κ1) is 24.5. The number of carbonyl (C=O) groups is 2. The van der Waals surface area contributed by atoms with Crippen LogP contribution in [0.15, 0.2) is 18.3 Å². The van der Waals surface area contributed by atoms with Crippen molar-refractivity contribution < 1.29 is 31.7 Å². The highest BCUT2D eigenvalue weighted by Gasteiger charge is 2.57. The molecule has 0 spiro atoms. The Kier molecular flexibility index (Phi) is 5.75. The van der Waals surface area contributed by atoms with Gasteiger partial charge in [0.1, 0.15) is 6.61 Å². The average Bonchev–Trinajstić information content (AvgIpc) is 3.35. The van der Waals surface area contributed by atoms with Crippen LogP contribution >= 0.6 is 0 Å². The van der Waals surface area contributed by atoms with Crippen molar-refractivity contribution in [3.05, 3.63) is 23.9 Å². The van der Waals surface area contributed by atoms with Gasteiger partial charge in [-0.25, -0.2) is 14.6 Å². The van der Waals surface area contributed by atoms with Gasteiger partial charge in [0.25, 0.3) is 0 Å². The van der Waals surface area contributed by atoms with Crippen LogP contribution in [0.25, 0.3) is 11.0 Å². The number of nitrogens with two attached hydrogens (primary N) is 1. The van der Waals surface area contributed by atoms with Crippen molar-refractivity contribution in [3.63, 3.8) is 0 Å². The number of cyclic esters (lactones) is 1. The first-order chi connectivity index (χ1) is 16.9. The van der Waals surface area contributed by atoms with Gasteiger partial charge in [-0.05, 0) is 36.2 Å². The molecule has 1 saturated heterocycles. The van der Waals surface area contributed by atoms with Crippen molar-refractivity contribution in [1.29, 1.82) is 0 Å². The minimum Gasteiger partial charge on any atom is -0.481 e. The molecule has 1 aliphatic carbocycles. The number of fused-ring (bicyclic) bond motifs is 4. The van der Waals surface area contributed by atoms with Crippen LogP contribution in [0.1, 0.15) is 39.2 Å². The first-order valence-corrected chi connectivity index (χ1v) is 13.1. The van der Waals surface area contributed by atoms with Crippen molar-refractivity contribution in [1.82, 2.24) is 14.3 Å². The normalized spacial score (nSPS) is 26.4. The lowest BCUT2D eigenvalue weighted by Crippen LogP contribution is -2.49. The summed E-state index contributed by atoms with van der Waals surface area (Å²) >= 11 is 0. The fourth-order valence-electron chi connectivity index (χ4n) is 6.17. The molecule has 2 aromatic heterocycles. The lowest BCUT2D eigenvalue weighted by Gasteiger charge is -2.38. The molecule has 2 aromatic rings. The number of carbonyl (C=O) groups excluding carboxylic acids is 2. The molecule has 2 fully saturated rings. The lowest BCUT2D eigenvalue weighted by atomic mass is 9.78. The van der Waals surface area contributed by atoms with E-state index in [0.717, 1.165) is 5.56 Å². The van der Waals surface area contributed by atoms with Gasteiger partial charge < -0.3 is 19.4 Å². The largest absolute Gasteiger partial charge is 0.481 e. The molecule has 12 nitrogen and oxygen atoms in total. The molecule has 4 heterocycles. The van der Waals surface area contributed by atoms with E-state index in [2.05, 4.69) is 14.2 Å². The topological polar surface area (TPSA) is 154 Å². The van der Waals surface area contributed by atoms with Crippen LogP contribution in [0.3, 0.4) is 0 Å². The van der Waals surface area contributed by atoms with Gasteiger partial charge in [0.05, 0.1) is 12.8 Å². The van der Waals surface area contributed by atoms with E-state index >= 15 is 0 Å². The Morgan fingerprint density at radius 2 is 2.00 bits per heavy atom. The Labute approximate surface area is 209 Å². The molecule has 4 unspecified atom stereocenters. The Morgan fingerprint density at radius 3 is 2.67 bits per heavy atom. The lowest BCUT2D eigenvalue weighted by molar-refractivity contribution is 0.135. The Bertz CT molecular complexity index is 1340. The van der Waals surface area contributed by atoms with Crippen LogP contribution in [0.5, 0.6) is 5.88 Å². The summed E-state index contributed by atoms with van der Waals surface area (Å²) in [6.45, 7) is 6.12. The van der Waals surface area contributed by atoms with E-state index in [9.17, 15) is 18.0 Å². The summed E-state index contributed by atoms with van der Waals surface area (Å²) in [5, 5.41) is 0.716. The molecule has 2 amide bonds. The van der Waals surface area contributed by atoms with Gasteiger partial charge in [0.15, 0.2) is 5.65 Å². The number of hydrogen-bond acceptors (Lipinski definition) is 9. The SMILES string of the molecule is COc1ccc2c3c(cnc2n1)COC(=O)N3C1CC2CN(S(=O)(=O)OC(N)=O)C(C(C)(C)C)C2C1. The standard InChI is InChI=1S/C23H29N5O7S/c1-23(2,3)19-16-8-14(7-12(16)10-27(19)36(31,32)35-21(24)29)28-18-13(11-34-22(28)30)9-25-20-15(18)5-6-17(26-20)33-4/h5-6,9,12,14,16,19H,7-8,10-11H2,1-4H3,(H2,24,29). The summed E-state index contributed by atoms with van der Waals surface area (Å²) in [7, 11) is -2.82. The highest BCUT2D eigenvalue weighted by Crippen LogP contribution is 2.51. The van der Waals surface area contributed by atoms with E-state index in [0.29, 0.717) is 35.4 Å². The quantitative estimate of drug-likeness (QED) is 0.642. The predicted octanol–water partition coefficient (Wildman–Crippen LogP) is 2.56. The number of methoxy groups -OCH3 is 1. The molecule has 4 atom stereocenters. The van der Waals surface area contributed by atoms with Gasteiger partial charge >= 0.3 is 22.5 Å². The second-order valence-corrected chi connectivity index (χ2v) is 12.1. The molecule has 2 aliphatic heterocycles. The number of primary amides is 1. The van der Waals surface area contributed by atoms with Gasteiger partial charge in [-0.15, -0.1) is 0 Å². The van der Waals surface area contributed by atoms with Crippen LogP contribution in [0.4, 0.5) is 15.3 Å². The van der Waals surface area contributed by atoms with E-state index < -0.39 is 33.9 Å². The van der Waals surface area contributed by atoms with E-state index in [-0.39, 0.29) is 31.0 Å². The van der Waals surface area contributed by atoms with Crippen LogP contribution < -0.4 is 15.4 Å². The highest BCUT2D eigenvalue weighted by molar-refractivity contribution is 7.84. The number of aromatic nitrogens is 2. The van der Waals surface area contributed by atoms with E-state index in [1.165, 1.54) is 11.4 Å². The molecule has 0 bridgehead atoms. The maximum atomic E-state index is 13.1. The molecule has 2 N–H and O–H groups in total. The zero-order valence-electron chi connectivity index (χ0n) is 20.5. The third-order valence-corrected chi connectivity index (χ3v) is 8.66. The van der Waals surface area contributed by atoms with Crippen molar-refractivity contribution in [2.75, 3.05) is 18.6 Å². The van der Waals surface area contributed by atoms with Gasteiger partial charge in [-0.2, -0.15) is 17.7 Å². The van der Waals surface area contributed by atoms with Crippen molar-refractivity contribution >= 4 is 39.2 Å². The molecular formula is C23H29N5O7S. The number of ether oxygens (including phenoxy) is 2. The summed E-state index contributed by atoms with van der Waals surface area (Å²) in [5.74, 6) is 0.309. The minimum absolute atomic E-state index is 0.0463. The number of pyridine rings is 2. The first-order valence-electron chi connectivity index (χ1n) is 11.7. The van der Waals surface area contributed by atoms with Gasteiger partial charge in [-0.3, -0.25) is 4.90 Å². The summed E-state index contributed by atoms with van der Waals surface area (Å²) in [4.78, 5) is 34.9. The Morgan fingerprint density at radius 1 is 1.25 bits per heavy atom. The van der Waals surface area contributed by atoms with Crippen LogP contribution in [0, 0.1) is 17.3 Å². The zero-order valence-corrected chi connectivity index (χ0v) is 21.3. The van der Waals surface area contributed by atoms with Crippen molar-refractivity contribution in [2.24, 2.45) is 23.0 Å². The summed E-state index contributed by atoms with van der Waals surface area (Å²) in [6.07, 6.45) is 0.951. The summed E-state index contributed by atoms with van der Waals surface area (Å²) in [5.41, 5.74) is 6.51. The number of amides is 2. The molecule has 194 valence electrons. The highest BCUT2D eigenvalue weighted by atomic mass is 32.2. The maximum absolute atomic E-state index is 13.1. The predicted molar refractivity (Wildman–Crippen MR) is 128 cm³/mol. The van der Waals surface area contributed by atoms with Crippen molar-refractivity contribution in [2.45, 2.75) is 52.3 Å². The molecule has 36 heavy (non-hydrogen) atoms. The second kappa shape index (κ2) is 8.44. The van der Waals surface area contributed by atoms with Gasteiger partial charge in [0, 0.05) is 41.8 Å². The van der Waals surface area contributed by atoms with Crippen LogP contribution in [0.2, 0.25) is 0 Å². The van der Waals surface area contributed by atoms with Crippen molar-refractivity contribution in [3.8, 4) is 5.88 Å². The van der Waals surface area contributed by atoms with E-state index in [4.69, 9.17) is 15.2 Å². The monoisotopic (exact) mass is 519 g/mol. The average molecular weight is 520 g/mol. The number of rotatable bonds is 4. The van der Waals surface area contributed by atoms with Crippen LogP contribution in [-0.2, 0) is 25.8 Å². The molecule has 0 radical (unpaired) electrons. The molecule has 3 aliphatic rings. The molecule has 5 rings (SSSR count). The second-order valence-electron chi connectivity index (χ2n) is 10.6. The number of nitrogens with zero attached hydrogens (tertiary/aromatic N) is 4. The zero-order chi connectivity index (χ0) is 26.0. The maximum Gasteiger partial charge on any atom is 0.421 e. The third-order valence-electron chi connectivity index (χ3n) is 7.33. The Balaban J connectivity index is 1.51. The fraction of sp³-hybridized carbons (Fsp3) is 0.565.